The van der Waals surface area contributed by atoms with E-state index in [0.717, 1.165) is 0 Å². The Labute approximate surface area is 181 Å². The van der Waals surface area contributed by atoms with Gasteiger partial charge in [0.15, 0.2) is 11.5 Å². The number of carbonyl (C=O) groups is 2. The van der Waals surface area contributed by atoms with Crippen molar-refractivity contribution in [2.75, 3.05) is 34.5 Å². The lowest BCUT2D eigenvalue weighted by molar-refractivity contribution is -0.140. The Hall–Kier alpha value is -3.42. The lowest BCUT2D eigenvalue weighted by Crippen LogP contribution is -2.42. The molecule has 8 heteroatoms. The normalized spacial score (nSPS) is 17.7. The minimum Gasteiger partial charge on any atom is -0.497 e. The maximum atomic E-state index is 13.3. The van der Waals surface area contributed by atoms with E-state index in [1.165, 1.54) is 19.1 Å². The average Bonchev–Trinajstić information content (AvgIpc) is 2.76. The Morgan fingerprint density at radius 2 is 1.61 bits per heavy atom. The molecule has 166 valence electrons. The summed E-state index contributed by atoms with van der Waals surface area (Å²) in [5, 5.41) is 10.2. The van der Waals surface area contributed by atoms with E-state index in [1.54, 1.807) is 37.4 Å². The molecule has 2 atom stereocenters. The largest absolute Gasteiger partial charge is 0.497 e. The van der Waals surface area contributed by atoms with Crippen LogP contribution >= 0.6 is 0 Å². The fourth-order valence-electron chi connectivity index (χ4n) is 3.99. The van der Waals surface area contributed by atoms with E-state index in [2.05, 4.69) is 0 Å². The predicted molar refractivity (Wildman–Crippen MR) is 114 cm³/mol. The lowest BCUT2D eigenvalue weighted by Gasteiger charge is -2.39. The number of aliphatic carboxylic acids is 1. The summed E-state index contributed by atoms with van der Waals surface area (Å²) in [5.74, 6) is -0.610. The first-order chi connectivity index (χ1) is 14.9. The molecule has 8 nitrogen and oxygen atoms in total. The minimum atomic E-state index is -1.07. The van der Waals surface area contributed by atoms with E-state index in [1.807, 2.05) is 13.8 Å². The molecular weight excluding hydrogens is 402 g/mol. The molecule has 2 aromatic rings. The van der Waals surface area contributed by atoms with Crippen LogP contribution in [0.25, 0.3) is 0 Å². The summed E-state index contributed by atoms with van der Waals surface area (Å²) in [6.07, 6.45) is 0. The number of carbonyl (C=O) groups excluding carboxylic acids is 1. The molecule has 0 spiro atoms. The quantitative estimate of drug-likeness (QED) is 0.686. The zero-order valence-electron chi connectivity index (χ0n) is 18.3. The first-order valence-corrected chi connectivity index (χ1v) is 10.0. The van der Waals surface area contributed by atoms with Gasteiger partial charge in [0.25, 0.3) is 5.91 Å². The Kier molecular flexibility index (Phi) is 6.58. The van der Waals surface area contributed by atoms with Gasteiger partial charge in [0, 0.05) is 18.2 Å². The second kappa shape index (κ2) is 9.16. The number of carboxylic acid groups (broad SMARTS) is 1. The zero-order chi connectivity index (χ0) is 22.7. The van der Waals surface area contributed by atoms with Crippen molar-refractivity contribution in [3.63, 3.8) is 0 Å². The Morgan fingerprint density at radius 3 is 2.16 bits per heavy atom. The monoisotopic (exact) mass is 429 g/mol. The summed E-state index contributed by atoms with van der Waals surface area (Å²) in [4.78, 5) is 27.2. The summed E-state index contributed by atoms with van der Waals surface area (Å²) >= 11 is 0. The van der Waals surface area contributed by atoms with E-state index in [9.17, 15) is 14.7 Å². The molecule has 0 bridgehead atoms. The minimum absolute atomic E-state index is 0.278. The first kappa shape index (κ1) is 22.3. The summed E-state index contributed by atoms with van der Waals surface area (Å²) in [6, 6.07) is 7.48. The topological polar surface area (TPSA) is 94.5 Å². The van der Waals surface area contributed by atoms with Gasteiger partial charge in [0.1, 0.15) is 17.4 Å². The maximum absolute atomic E-state index is 13.3. The number of amides is 1. The third kappa shape index (κ3) is 3.97. The van der Waals surface area contributed by atoms with Crippen LogP contribution in [0, 0.1) is 0 Å². The summed E-state index contributed by atoms with van der Waals surface area (Å²) in [6.45, 7) is 4.41. The van der Waals surface area contributed by atoms with Crippen molar-refractivity contribution in [1.82, 2.24) is 4.90 Å². The van der Waals surface area contributed by atoms with Gasteiger partial charge in [-0.2, -0.15) is 0 Å². The summed E-state index contributed by atoms with van der Waals surface area (Å²) < 4.78 is 22.1. The van der Waals surface area contributed by atoms with Gasteiger partial charge in [-0.1, -0.05) is 0 Å². The van der Waals surface area contributed by atoms with Crippen molar-refractivity contribution < 1.29 is 33.6 Å². The van der Waals surface area contributed by atoms with Gasteiger partial charge in [-0.15, -0.1) is 0 Å². The zero-order valence-corrected chi connectivity index (χ0v) is 18.3. The maximum Gasteiger partial charge on any atom is 0.313 e. The number of rotatable bonds is 8. The fraction of sp³-hybridized carbons (Fsp3) is 0.391. The molecule has 0 aliphatic carbocycles. The Bertz CT molecular complexity index is 988. The predicted octanol–water partition coefficient (Wildman–Crippen LogP) is 3.50. The van der Waals surface area contributed by atoms with Crippen molar-refractivity contribution in [2.24, 2.45) is 0 Å². The Morgan fingerprint density at radius 1 is 0.968 bits per heavy atom. The standard InChI is InChI=1S/C23H27NO7/c1-6-30-18-11-14-15(12-19(18)31-7-2)22(25)24(3)21(20(14)23(26)27)16-10-13(28-4)8-9-17(16)29-5/h8-12,20-21H,6-7H2,1-5H3,(H,26,27). The van der Waals surface area contributed by atoms with Crippen molar-refractivity contribution in [1.29, 1.82) is 0 Å². The van der Waals surface area contributed by atoms with Crippen LogP contribution in [0.2, 0.25) is 0 Å². The van der Waals surface area contributed by atoms with Crippen molar-refractivity contribution in [3.8, 4) is 23.0 Å². The number of benzene rings is 2. The highest BCUT2D eigenvalue weighted by Gasteiger charge is 2.45. The average molecular weight is 429 g/mol. The molecular formula is C23H27NO7. The molecule has 1 aliphatic heterocycles. The fourth-order valence-corrected chi connectivity index (χ4v) is 3.99. The van der Waals surface area contributed by atoms with E-state index in [4.69, 9.17) is 18.9 Å². The third-order valence-electron chi connectivity index (χ3n) is 5.36. The van der Waals surface area contributed by atoms with Crippen LogP contribution in [0.1, 0.15) is 47.3 Å². The van der Waals surface area contributed by atoms with Crippen molar-refractivity contribution in [2.45, 2.75) is 25.8 Å². The molecule has 1 N–H and O–H groups in total. The molecule has 1 heterocycles. The van der Waals surface area contributed by atoms with E-state index in [-0.39, 0.29) is 11.5 Å². The number of methoxy groups -OCH3 is 2. The molecule has 0 fully saturated rings. The molecule has 3 rings (SSSR count). The number of hydrogen-bond donors (Lipinski definition) is 1. The van der Waals surface area contributed by atoms with Crippen LogP contribution < -0.4 is 18.9 Å². The highest BCUT2D eigenvalue weighted by atomic mass is 16.5. The number of hydrogen-bond acceptors (Lipinski definition) is 6. The van der Waals surface area contributed by atoms with Crippen LogP contribution in [0.15, 0.2) is 30.3 Å². The molecule has 0 saturated heterocycles. The first-order valence-electron chi connectivity index (χ1n) is 10.0. The smallest absolute Gasteiger partial charge is 0.313 e. The highest BCUT2D eigenvalue weighted by Crippen LogP contribution is 2.48. The van der Waals surface area contributed by atoms with E-state index in [0.29, 0.717) is 47.3 Å². The lowest BCUT2D eigenvalue weighted by atomic mass is 9.79. The molecule has 1 amide bonds. The van der Waals surface area contributed by atoms with E-state index < -0.39 is 17.9 Å². The molecule has 2 unspecified atom stereocenters. The second-order valence-corrected chi connectivity index (χ2v) is 7.04. The molecule has 0 radical (unpaired) electrons. The van der Waals surface area contributed by atoms with Gasteiger partial charge >= 0.3 is 5.97 Å². The third-order valence-corrected chi connectivity index (χ3v) is 5.36. The summed E-state index contributed by atoms with van der Waals surface area (Å²) in [7, 11) is 4.61. The van der Waals surface area contributed by atoms with Gasteiger partial charge in [-0.3, -0.25) is 9.59 Å². The number of likely N-dealkylation sites (N-methyl/N-ethyl adjacent to an activating group) is 1. The number of fused-ring (bicyclic) bond motifs is 1. The Balaban J connectivity index is 2.26. The van der Waals surface area contributed by atoms with Crippen LogP contribution in [-0.4, -0.2) is 56.4 Å². The van der Waals surface area contributed by atoms with Crippen LogP contribution in [0.5, 0.6) is 23.0 Å². The number of nitrogens with zero attached hydrogens (tertiary/aromatic N) is 1. The molecule has 2 aromatic carbocycles. The van der Waals surface area contributed by atoms with Gasteiger partial charge in [-0.25, -0.2) is 0 Å². The SMILES string of the molecule is CCOc1cc2c(cc1OCC)C(C(=O)O)C(c1cc(OC)ccc1OC)N(C)C2=O. The number of carboxylic acids is 1. The van der Waals surface area contributed by atoms with Crippen molar-refractivity contribution in [3.05, 3.63) is 47.0 Å². The molecule has 1 aliphatic rings. The molecule has 31 heavy (non-hydrogen) atoms. The second-order valence-electron chi connectivity index (χ2n) is 7.04. The highest BCUT2D eigenvalue weighted by molar-refractivity contribution is 6.01. The molecule has 0 aromatic heterocycles. The number of ether oxygens (including phenoxy) is 4. The molecule has 0 saturated carbocycles. The van der Waals surface area contributed by atoms with Gasteiger partial charge in [0.05, 0.1) is 33.5 Å². The van der Waals surface area contributed by atoms with Gasteiger partial charge in [0.2, 0.25) is 0 Å². The van der Waals surface area contributed by atoms with Crippen LogP contribution in [0.4, 0.5) is 0 Å². The van der Waals surface area contributed by atoms with E-state index >= 15 is 0 Å². The summed E-state index contributed by atoms with van der Waals surface area (Å²) in [5.41, 5.74) is 1.19. The van der Waals surface area contributed by atoms with Crippen LogP contribution in [0.3, 0.4) is 0 Å². The van der Waals surface area contributed by atoms with Crippen molar-refractivity contribution >= 4 is 11.9 Å². The van der Waals surface area contributed by atoms with Gasteiger partial charge < -0.3 is 29.0 Å². The van der Waals surface area contributed by atoms with Crippen LogP contribution in [-0.2, 0) is 4.79 Å². The van der Waals surface area contributed by atoms with Gasteiger partial charge in [-0.05, 0) is 49.7 Å².